The van der Waals surface area contributed by atoms with Crippen molar-refractivity contribution in [3.05, 3.63) is 23.3 Å². The monoisotopic (exact) mass is 212 g/mol. The Labute approximate surface area is 90.8 Å². The minimum Gasteiger partial charge on any atom is -0.387 e. The van der Waals surface area contributed by atoms with Gasteiger partial charge in [-0.1, -0.05) is 31.9 Å². The van der Waals surface area contributed by atoms with E-state index in [1.54, 1.807) is 13.0 Å². The molecule has 0 heterocycles. The van der Waals surface area contributed by atoms with Gasteiger partial charge in [0.05, 0.1) is 0 Å². The highest BCUT2D eigenvalue weighted by atomic mass is 16.4. The van der Waals surface area contributed by atoms with Gasteiger partial charge in [0.15, 0.2) is 0 Å². The van der Waals surface area contributed by atoms with Gasteiger partial charge in [-0.2, -0.15) is 0 Å². The Balaban J connectivity index is 2.76. The van der Waals surface area contributed by atoms with Gasteiger partial charge in [-0.3, -0.25) is 0 Å². The zero-order valence-corrected chi connectivity index (χ0v) is 9.35. The molecule has 86 valence electrons. The van der Waals surface area contributed by atoms with Gasteiger partial charge in [0.1, 0.15) is 18.3 Å². The fraction of sp³-hybridized carbons (Fsp3) is 0.667. The minimum absolute atomic E-state index is 0.704. The third-order valence-corrected chi connectivity index (χ3v) is 2.79. The molecule has 1 aliphatic carbocycles. The predicted molar refractivity (Wildman–Crippen MR) is 59.4 cm³/mol. The zero-order chi connectivity index (χ0) is 11.4. The van der Waals surface area contributed by atoms with Crippen LogP contribution in [0.3, 0.4) is 0 Å². The molecule has 0 radical (unpaired) electrons. The molecule has 15 heavy (non-hydrogen) atoms. The van der Waals surface area contributed by atoms with Crippen molar-refractivity contribution in [1.82, 2.24) is 0 Å². The lowest BCUT2D eigenvalue weighted by Crippen LogP contribution is -2.41. The lowest BCUT2D eigenvalue weighted by atomic mass is 9.88. The standard InChI is InChI=1S/C12H20O3/c1-3-4-5-6-9-7-8(2)10(13)12(15)11(9)14/h6-7,10-15H,3-5H2,1-2H3/b9-6-. The van der Waals surface area contributed by atoms with Gasteiger partial charge in [0.2, 0.25) is 0 Å². The summed E-state index contributed by atoms with van der Waals surface area (Å²) in [5.41, 5.74) is 1.43. The highest BCUT2D eigenvalue weighted by Gasteiger charge is 2.31. The van der Waals surface area contributed by atoms with E-state index in [2.05, 4.69) is 6.92 Å². The fourth-order valence-electron chi connectivity index (χ4n) is 1.73. The molecule has 1 aliphatic rings. The fourth-order valence-corrected chi connectivity index (χ4v) is 1.73. The van der Waals surface area contributed by atoms with E-state index in [1.807, 2.05) is 6.08 Å². The highest BCUT2D eigenvalue weighted by molar-refractivity contribution is 5.34. The van der Waals surface area contributed by atoms with E-state index in [0.29, 0.717) is 5.57 Å². The summed E-state index contributed by atoms with van der Waals surface area (Å²) in [6.45, 7) is 3.86. The smallest absolute Gasteiger partial charge is 0.114 e. The van der Waals surface area contributed by atoms with Crippen LogP contribution in [0.25, 0.3) is 0 Å². The third kappa shape index (κ3) is 2.91. The Morgan fingerprint density at radius 1 is 1.27 bits per heavy atom. The highest BCUT2D eigenvalue weighted by Crippen LogP contribution is 2.24. The minimum atomic E-state index is -1.09. The second kappa shape index (κ2) is 5.45. The van der Waals surface area contributed by atoms with Gasteiger partial charge in [-0.25, -0.2) is 0 Å². The van der Waals surface area contributed by atoms with Crippen molar-refractivity contribution in [2.24, 2.45) is 0 Å². The Kier molecular flexibility index (Phi) is 4.51. The Morgan fingerprint density at radius 3 is 2.53 bits per heavy atom. The number of rotatable bonds is 3. The maximum absolute atomic E-state index is 9.70. The summed E-state index contributed by atoms with van der Waals surface area (Å²) in [4.78, 5) is 0. The molecule has 0 aromatic rings. The van der Waals surface area contributed by atoms with Crippen LogP contribution in [0.1, 0.15) is 33.1 Å². The van der Waals surface area contributed by atoms with Crippen LogP contribution in [0.15, 0.2) is 23.3 Å². The van der Waals surface area contributed by atoms with Gasteiger partial charge < -0.3 is 15.3 Å². The first kappa shape index (κ1) is 12.4. The van der Waals surface area contributed by atoms with E-state index in [4.69, 9.17) is 0 Å². The number of aliphatic hydroxyl groups excluding tert-OH is 3. The molecule has 3 unspecified atom stereocenters. The van der Waals surface area contributed by atoms with E-state index in [-0.39, 0.29) is 0 Å². The lowest BCUT2D eigenvalue weighted by Gasteiger charge is -2.29. The SMILES string of the molecule is CCCC/C=C1/C=C(C)C(O)C(O)C1O. The molecule has 3 N–H and O–H groups in total. The molecule has 3 atom stereocenters. The molecular formula is C12H20O3. The first-order chi connectivity index (χ1) is 7.07. The maximum Gasteiger partial charge on any atom is 0.114 e. The quantitative estimate of drug-likeness (QED) is 0.615. The summed E-state index contributed by atoms with van der Waals surface area (Å²) in [5, 5.41) is 28.8. The third-order valence-electron chi connectivity index (χ3n) is 2.79. The van der Waals surface area contributed by atoms with Crippen LogP contribution in [0.5, 0.6) is 0 Å². The summed E-state index contributed by atoms with van der Waals surface area (Å²) < 4.78 is 0. The van der Waals surface area contributed by atoms with Gasteiger partial charge >= 0.3 is 0 Å². The first-order valence-corrected chi connectivity index (χ1v) is 5.50. The van der Waals surface area contributed by atoms with E-state index in [0.717, 1.165) is 24.8 Å². The maximum atomic E-state index is 9.70. The molecule has 0 spiro atoms. The predicted octanol–water partition coefficient (Wildman–Crippen LogP) is 1.15. The largest absolute Gasteiger partial charge is 0.387 e. The molecule has 1 rings (SSSR count). The molecule has 0 amide bonds. The van der Waals surface area contributed by atoms with Gasteiger partial charge in [-0.05, 0) is 24.5 Å². The number of unbranched alkanes of at least 4 members (excludes halogenated alkanes) is 2. The molecule has 0 aromatic heterocycles. The second-order valence-electron chi connectivity index (χ2n) is 4.11. The van der Waals surface area contributed by atoms with Crippen LogP contribution in [-0.2, 0) is 0 Å². The van der Waals surface area contributed by atoms with Crippen molar-refractivity contribution in [3.63, 3.8) is 0 Å². The van der Waals surface area contributed by atoms with Crippen LogP contribution in [0, 0.1) is 0 Å². The van der Waals surface area contributed by atoms with Gasteiger partial charge in [0.25, 0.3) is 0 Å². The zero-order valence-electron chi connectivity index (χ0n) is 9.35. The van der Waals surface area contributed by atoms with Crippen molar-refractivity contribution in [3.8, 4) is 0 Å². The number of allylic oxidation sites excluding steroid dienone is 1. The van der Waals surface area contributed by atoms with E-state index in [9.17, 15) is 15.3 Å². The lowest BCUT2D eigenvalue weighted by molar-refractivity contribution is -0.0336. The summed E-state index contributed by atoms with van der Waals surface area (Å²) in [5.74, 6) is 0. The average molecular weight is 212 g/mol. The second-order valence-corrected chi connectivity index (χ2v) is 4.11. The molecule has 0 saturated heterocycles. The van der Waals surface area contributed by atoms with E-state index >= 15 is 0 Å². The van der Waals surface area contributed by atoms with Gasteiger partial charge in [-0.15, -0.1) is 0 Å². The van der Waals surface area contributed by atoms with Crippen LogP contribution >= 0.6 is 0 Å². The topological polar surface area (TPSA) is 60.7 Å². The van der Waals surface area contributed by atoms with Crippen molar-refractivity contribution in [2.45, 2.75) is 51.4 Å². The molecular weight excluding hydrogens is 192 g/mol. The van der Waals surface area contributed by atoms with E-state index < -0.39 is 18.3 Å². The van der Waals surface area contributed by atoms with Gasteiger partial charge in [0, 0.05) is 0 Å². The van der Waals surface area contributed by atoms with E-state index in [1.165, 1.54) is 0 Å². The summed E-state index contributed by atoms with van der Waals surface area (Å²) in [6.07, 6.45) is 3.78. The average Bonchev–Trinajstić information content (AvgIpc) is 2.23. The molecule has 3 nitrogen and oxygen atoms in total. The van der Waals surface area contributed by atoms with Crippen molar-refractivity contribution < 1.29 is 15.3 Å². The molecule has 3 heteroatoms. The summed E-state index contributed by atoms with van der Waals surface area (Å²) in [6, 6.07) is 0. The Morgan fingerprint density at radius 2 is 1.93 bits per heavy atom. The van der Waals surface area contributed by atoms with Crippen LogP contribution in [-0.4, -0.2) is 33.6 Å². The molecule has 0 aliphatic heterocycles. The van der Waals surface area contributed by atoms with Crippen molar-refractivity contribution in [1.29, 1.82) is 0 Å². The first-order valence-electron chi connectivity index (χ1n) is 5.50. The molecule has 0 bridgehead atoms. The molecule has 0 aromatic carbocycles. The summed E-state index contributed by atoms with van der Waals surface area (Å²) >= 11 is 0. The number of aliphatic hydroxyl groups is 3. The van der Waals surface area contributed by atoms with Crippen LogP contribution in [0.4, 0.5) is 0 Å². The Hall–Kier alpha value is -0.640. The normalized spacial score (nSPS) is 34.3. The van der Waals surface area contributed by atoms with Crippen LogP contribution < -0.4 is 0 Å². The molecule has 0 fully saturated rings. The molecule has 0 saturated carbocycles. The number of hydrogen-bond donors (Lipinski definition) is 3. The number of hydrogen-bond acceptors (Lipinski definition) is 3. The summed E-state index contributed by atoms with van der Waals surface area (Å²) in [7, 11) is 0. The van der Waals surface area contributed by atoms with Crippen LogP contribution in [0.2, 0.25) is 0 Å². The van der Waals surface area contributed by atoms with Crippen molar-refractivity contribution in [2.75, 3.05) is 0 Å². The Bertz CT molecular complexity index is 268. The van der Waals surface area contributed by atoms with Crippen molar-refractivity contribution >= 4 is 0 Å².